The molecule has 128 valence electrons. The van der Waals surface area contributed by atoms with Gasteiger partial charge in [-0.15, -0.1) is 0 Å². The van der Waals surface area contributed by atoms with Gasteiger partial charge in [0.05, 0.1) is 11.3 Å². The highest BCUT2D eigenvalue weighted by Gasteiger charge is 2.20. The lowest BCUT2D eigenvalue weighted by atomic mass is 9.83. The van der Waals surface area contributed by atoms with Gasteiger partial charge in [0.1, 0.15) is 0 Å². The largest absolute Gasteiger partial charge is 0.398 e. The number of nitrogens with two attached hydrogens (primary N) is 2. The molecule has 0 aliphatic rings. The summed E-state index contributed by atoms with van der Waals surface area (Å²) in [7, 11) is 0. The van der Waals surface area contributed by atoms with Crippen molar-refractivity contribution in [1.82, 2.24) is 0 Å². The van der Waals surface area contributed by atoms with Gasteiger partial charge in [-0.2, -0.15) is 0 Å². The number of carbonyl (C=O) groups excluding carboxylic acids is 1. The second-order valence-corrected chi connectivity index (χ2v) is 6.32. The van der Waals surface area contributed by atoms with Gasteiger partial charge in [0, 0.05) is 5.56 Å². The number of amides is 1. The van der Waals surface area contributed by atoms with Gasteiger partial charge in [-0.3, -0.25) is 4.79 Å². The number of carbonyl (C=O) groups is 1. The van der Waals surface area contributed by atoms with Crippen molar-refractivity contribution in [3.63, 3.8) is 0 Å². The van der Waals surface area contributed by atoms with Crippen LogP contribution in [0.2, 0.25) is 0 Å². The predicted octanol–water partition coefficient (Wildman–Crippen LogP) is 5.11. The van der Waals surface area contributed by atoms with Crippen molar-refractivity contribution in [2.45, 2.75) is 51.9 Å². The summed E-state index contributed by atoms with van der Waals surface area (Å²) in [5, 5.41) is 0. The fourth-order valence-corrected chi connectivity index (χ4v) is 3.34. The van der Waals surface area contributed by atoms with Crippen LogP contribution in [0.25, 0.3) is 11.1 Å². The van der Waals surface area contributed by atoms with Gasteiger partial charge < -0.3 is 11.5 Å². The Hall–Kier alpha value is -2.29. The zero-order valence-electron chi connectivity index (χ0n) is 14.7. The molecule has 4 N–H and O–H groups in total. The second-order valence-electron chi connectivity index (χ2n) is 6.32. The van der Waals surface area contributed by atoms with Gasteiger partial charge in [0.15, 0.2) is 0 Å². The highest BCUT2D eigenvalue weighted by molar-refractivity contribution is 6.02. The summed E-state index contributed by atoms with van der Waals surface area (Å²) in [6, 6.07) is 13.9. The Bertz CT molecular complexity index is 680. The molecule has 0 aliphatic heterocycles. The van der Waals surface area contributed by atoms with Gasteiger partial charge in [-0.1, -0.05) is 69.5 Å². The van der Waals surface area contributed by atoms with E-state index in [1.165, 1.54) is 24.8 Å². The Morgan fingerprint density at radius 1 is 1.04 bits per heavy atom. The first kappa shape index (κ1) is 18.1. The molecule has 2 rings (SSSR count). The van der Waals surface area contributed by atoms with E-state index in [4.69, 9.17) is 11.5 Å². The van der Waals surface area contributed by atoms with Crippen LogP contribution in [0, 0.1) is 0 Å². The summed E-state index contributed by atoms with van der Waals surface area (Å²) in [5.41, 5.74) is 16.0. The van der Waals surface area contributed by atoms with E-state index in [1.807, 2.05) is 36.4 Å². The van der Waals surface area contributed by atoms with Gasteiger partial charge >= 0.3 is 0 Å². The quantitative estimate of drug-likeness (QED) is 0.523. The Balaban J connectivity index is 2.54. The third-order valence-electron chi connectivity index (χ3n) is 4.69. The molecule has 24 heavy (non-hydrogen) atoms. The molecule has 3 heteroatoms. The van der Waals surface area contributed by atoms with Crippen LogP contribution >= 0.6 is 0 Å². The first-order valence-corrected chi connectivity index (χ1v) is 8.87. The minimum absolute atomic E-state index is 0.404. The Morgan fingerprint density at radius 3 is 2.33 bits per heavy atom. The molecular formula is C21H28N2O. The third-order valence-corrected chi connectivity index (χ3v) is 4.69. The number of anilines is 1. The maximum atomic E-state index is 11.7. The molecule has 0 aromatic heterocycles. The zero-order valence-corrected chi connectivity index (χ0v) is 14.7. The predicted molar refractivity (Wildman–Crippen MR) is 102 cm³/mol. The van der Waals surface area contributed by atoms with Crippen molar-refractivity contribution in [1.29, 1.82) is 0 Å². The van der Waals surface area contributed by atoms with Crippen LogP contribution in [-0.4, -0.2) is 5.91 Å². The monoisotopic (exact) mass is 324 g/mol. The van der Waals surface area contributed by atoms with E-state index >= 15 is 0 Å². The normalized spacial score (nSPS) is 12.1. The average molecular weight is 324 g/mol. The second kappa shape index (κ2) is 8.53. The number of rotatable bonds is 8. The summed E-state index contributed by atoms with van der Waals surface area (Å²) in [4.78, 5) is 11.7. The first-order chi connectivity index (χ1) is 11.6. The van der Waals surface area contributed by atoms with Crippen molar-refractivity contribution in [2.24, 2.45) is 5.73 Å². The van der Waals surface area contributed by atoms with Crippen LogP contribution in [0.3, 0.4) is 0 Å². The van der Waals surface area contributed by atoms with E-state index in [-0.39, 0.29) is 0 Å². The van der Waals surface area contributed by atoms with Crippen LogP contribution in [0.5, 0.6) is 0 Å². The lowest BCUT2D eigenvalue weighted by Gasteiger charge is -2.22. The average Bonchev–Trinajstić information content (AvgIpc) is 2.59. The summed E-state index contributed by atoms with van der Waals surface area (Å²) in [6.07, 6.45) is 5.86. The molecule has 0 heterocycles. The van der Waals surface area contributed by atoms with E-state index in [0.717, 1.165) is 24.0 Å². The summed E-state index contributed by atoms with van der Waals surface area (Å²) in [5.74, 6) is -0.0359. The molecule has 0 fully saturated rings. The van der Waals surface area contributed by atoms with Gasteiger partial charge in [0.25, 0.3) is 5.91 Å². The fraction of sp³-hybridized carbons (Fsp3) is 0.381. The molecule has 1 atom stereocenters. The standard InChI is InChI=1S/C21H28N2O/c1-3-5-7-10-15(4-2)17-13-14-18(21(23)24)20(22)19(17)16-11-8-6-9-12-16/h6,8-9,11-15H,3-5,7,10,22H2,1-2H3,(H2,23,24). The number of primary amides is 1. The number of benzene rings is 2. The molecule has 2 aromatic carbocycles. The van der Waals surface area contributed by atoms with Crippen LogP contribution in [0.1, 0.15) is 67.8 Å². The molecule has 0 aliphatic carbocycles. The lowest BCUT2D eigenvalue weighted by molar-refractivity contribution is 0.100. The molecular weight excluding hydrogens is 296 g/mol. The summed E-state index contributed by atoms with van der Waals surface area (Å²) >= 11 is 0. The molecule has 0 bridgehead atoms. The molecule has 0 saturated carbocycles. The number of nitrogen functional groups attached to an aromatic ring is 1. The van der Waals surface area contributed by atoms with Gasteiger partial charge in [0.2, 0.25) is 0 Å². The highest BCUT2D eigenvalue weighted by Crippen LogP contribution is 2.39. The van der Waals surface area contributed by atoms with Crippen molar-refractivity contribution < 1.29 is 4.79 Å². The van der Waals surface area contributed by atoms with Gasteiger partial charge in [-0.05, 0) is 36.0 Å². The van der Waals surface area contributed by atoms with E-state index in [9.17, 15) is 4.79 Å². The number of unbranched alkanes of at least 4 members (excludes halogenated alkanes) is 2. The number of hydrogen-bond donors (Lipinski definition) is 2. The van der Waals surface area contributed by atoms with Crippen molar-refractivity contribution in [2.75, 3.05) is 5.73 Å². The SMILES string of the molecule is CCCCCC(CC)c1ccc(C(N)=O)c(N)c1-c1ccccc1. The molecule has 1 amide bonds. The molecule has 0 radical (unpaired) electrons. The molecule has 3 nitrogen and oxygen atoms in total. The first-order valence-electron chi connectivity index (χ1n) is 8.87. The fourth-order valence-electron chi connectivity index (χ4n) is 3.34. The lowest BCUT2D eigenvalue weighted by Crippen LogP contribution is -2.15. The Kier molecular flexibility index (Phi) is 6.42. The minimum atomic E-state index is -0.477. The van der Waals surface area contributed by atoms with Crippen molar-refractivity contribution >= 4 is 11.6 Å². The maximum absolute atomic E-state index is 11.7. The molecule has 1 unspecified atom stereocenters. The van der Waals surface area contributed by atoms with E-state index in [2.05, 4.69) is 13.8 Å². The van der Waals surface area contributed by atoms with Crippen LogP contribution in [0.4, 0.5) is 5.69 Å². The van der Waals surface area contributed by atoms with Crippen LogP contribution in [0.15, 0.2) is 42.5 Å². The van der Waals surface area contributed by atoms with E-state index in [1.54, 1.807) is 6.07 Å². The van der Waals surface area contributed by atoms with Crippen LogP contribution in [-0.2, 0) is 0 Å². The van der Waals surface area contributed by atoms with Crippen molar-refractivity contribution in [3.8, 4) is 11.1 Å². The van der Waals surface area contributed by atoms with E-state index in [0.29, 0.717) is 17.2 Å². The third kappa shape index (κ3) is 3.97. The topological polar surface area (TPSA) is 69.1 Å². The van der Waals surface area contributed by atoms with Gasteiger partial charge in [-0.25, -0.2) is 0 Å². The summed E-state index contributed by atoms with van der Waals surface area (Å²) < 4.78 is 0. The number of hydrogen-bond acceptors (Lipinski definition) is 2. The molecule has 0 saturated heterocycles. The van der Waals surface area contributed by atoms with Crippen molar-refractivity contribution in [3.05, 3.63) is 53.6 Å². The highest BCUT2D eigenvalue weighted by atomic mass is 16.1. The zero-order chi connectivity index (χ0) is 17.5. The Morgan fingerprint density at radius 2 is 1.75 bits per heavy atom. The minimum Gasteiger partial charge on any atom is -0.398 e. The maximum Gasteiger partial charge on any atom is 0.250 e. The van der Waals surface area contributed by atoms with E-state index < -0.39 is 5.91 Å². The smallest absolute Gasteiger partial charge is 0.250 e. The Labute approximate surface area is 145 Å². The molecule has 2 aromatic rings. The summed E-state index contributed by atoms with van der Waals surface area (Å²) in [6.45, 7) is 4.43. The van der Waals surface area contributed by atoms with Crippen LogP contribution < -0.4 is 11.5 Å². The molecule has 0 spiro atoms.